The molecular weight excluding hydrogens is 236 g/mol. The van der Waals surface area contributed by atoms with Crippen LogP contribution in [0.15, 0.2) is 42.5 Å². The van der Waals surface area contributed by atoms with Crippen molar-refractivity contribution in [1.29, 1.82) is 0 Å². The van der Waals surface area contributed by atoms with Crippen molar-refractivity contribution >= 4 is 5.78 Å². The Balaban J connectivity index is 2.57. The highest BCUT2D eigenvalue weighted by Crippen LogP contribution is 2.32. The summed E-state index contributed by atoms with van der Waals surface area (Å²) in [4.78, 5) is 11.5. The number of ether oxygens (including phenoxy) is 1. The summed E-state index contributed by atoms with van der Waals surface area (Å²) in [6.07, 6.45) is 0. The maximum Gasteiger partial charge on any atom is 0.159 e. The molecule has 0 aliphatic rings. The number of benzene rings is 2. The van der Waals surface area contributed by atoms with Crippen LogP contribution in [-0.2, 0) is 0 Å². The summed E-state index contributed by atoms with van der Waals surface area (Å²) < 4.78 is 5.66. The molecule has 0 amide bonds. The van der Waals surface area contributed by atoms with Crippen molar-refractivity contribution in [2.75, 3.05) is 6.61 Å². The van der Waals surface area contributed by atoms with Gasteiger partial charge in [-0.1, -0.05) is 30.3 Å². The maximum atomic E-state index is 11.5. The Labute approximate surface area is 114 Å². The number of carbonyl (C=O) groups excluding carboxylic acids is 1. The lowest BCUT2D eigenvalue weighted by Gasteiger charge is -2.13. The lowest BCUT2D eigenvalue weighted by molar-refractivity contribution is 0.101. The fourth-order valence-electron chi connectivity index (χ4n) is 2.10. The molecular formula is C17H18O2. The van der Waals surface area contributed by atoms with Crippen LogP contribution >= 0.6 is 0 Å². The number of ketones is 1. The molecule has 0 radical (unpaired) electrons. The minimum absolute atomic E-state index is 0.0788. The Morgan fingerprint density at radius 2 is 1.84 bits per heavy atom. The molecule has 2 rings (SSSR count). The Bertz CT molecular complexity index is 600. The number of hydrogen-bond acceptors (Lipinski definition) is 2. The smallest absolute Gasteiger partial charge is 0.159 e. The maximum absolute atomic E-state index is 11.5. The lowest BCUT2D eigenvalue weighted by Crippen LogP contribution is -1.97. The van der Waals surface area contributed by atoms with E-state index in [9.17, 15) is 4.79 Å². The normalized spacial score (nSPS) is 10.3. The van der Waals surface area contributed by atoms with Gasteiger partial charge in [-0.25, -0.2) is 0 Å². The Morgan fingerprint density at radius 1 is 1.11 bits per heavy atom. The zero-order valence-electron chi connectivity index (χ0n) is 11.6. The molecule has 0 bridgehead atoms. The molecule has 0 unspecified atom stereocenters. The van der Waals surface area contributed by atoms with Crippen LogP contribution in [0.4, 0.5) is 0 Å². The van der Waals surface area contributed by atoms with Gasteiger partial charge in [0.1, 0.15) is 5.75 Å². The number of carbonyl (C=O) groups is 1. The number of para-hydroxylation sites is 1. The summed E-state index contributed by atoms with van der Waals surface area (Å²) in [5.41, 5.74) is 3.95. The van der Waals surface area contributed by atoms with E-state index in [0.29, 0.717) is 6.61 Å². The molecule has 2 aromatic rings. The molecule has 19 heavy (non-hydrogen) atoms. The Kier molecular flexibility index (Phi) is 4.00. The Morgan fingerprint density at radius 3 is 2.53 bits per heavy atom. The second kappa shape index (κ2) is 5.70. The average molecular weight is 254 g/mol. The Hall–Kier alpha value is -2.09. The number of aryl methyl sites for hydroxylation is 1. The van der Waals surface area contributed by atoms with Crippen molar-refractivity contribution < 1.29 is 9.53 Å². The molecule has 0 N–H and O–H groups in total. The topological polar surface area (TPSA) is 26.3 Å². The minimum atomic E-state index is 0.0788. The molecule has 0 fully saturated rings. The second-order valence-electron chi connectivity index (χ2n) is 4.52. The molecule has 0 aliphatic carbocycles. The van der Waals surface area contributed by atoms with E-state index >= 15 is 0 Å². The van der Waals surface area contributed by atoms with E-state index in [2.05, 4.69) is 0 Å². The standard InChI is InChI=1S/C17H18O2/c1-4-19-17-8-6-5-7-15(17)16-11-14(13(3)18)10-9-12(16)2/h5-11H,4H2,1-3H3. The highest BCUT2D eigenvalue weighted by atomic mass is 16.5. The van der Waals surface area contributed by atoms with Gasteiger partial charge < -0.3 is 4.74 Å². The predicted molar refractivity (Wildman–Crippen MR) is 77.8 cm³/mol. The third-order valence-electron chi connectivity index (χ3n) is 3.12. The van der Waals surface area contributed by atoms with Gasteiger partial charge in [-0.05, 0) is 44.0 Å². The van der Waals surface area contributed by atoms with Crippen LogP contribution in [0.1, 0.15) is 29.8 Å². The van der Waals surface area contributed by atoms with Gasteiger partial charge >= 0.3 is 0 Å². The first kappa shape index (κ1) is 13.3. The monoisotopic (exact) mass is 254 g/mol. The van der Waals surface area contributed by atoms with Crippen LogP contribution in [0.25, 0.3) is 11.1 Å². The fraction of sp³-hybridized carbons (Fsp3) is 0.235. The van der Waals surface area contributed by atoms with Gasteiger partial charge in [0.05, 0.1) is 6.61 Å². The van der Waals surface area contributed by atoms with Gasteiger partial charge in [0, 0.05) is 11.1 Å². The number of rotatable bonds is 4. The van der Waals surface area contributed by atoms with Gasteiger partial charge in [-0.3, -0.25) is 4.79 Å². The van der Waals surface area contributed by atoms with E-state index in [1.165, 1.54) is 0 Å². The lowest BCUT2D eigenvalue weighted by atomic mass is 9.96. The molecule has 2 heteroatoms. The summed E-state index contributed by atoms with van der Waals surface area (Å²) in [7, 11) is 0. The van der Waals surface area contributed by atoms with Gasteiger partial charge in [-0.2, -0.15) is 0 Å². The molecule has 0 saturated heterocycles. The third-order valence-corrected chi connectivity index (χ3v) is 3.12. The molecule has 0 atom stereocenters. The van der Waals surface area contributed by atoms with Crippen LogP contribution in [-0.4, -0.2) is 12.4 Å². The summed E-state index contributed by atoms with van der Waals surface area (Å²) in [6, 6.07) is 13.7. The van der Waals surface area contributed by atoms with E-state index in [1.807, 2.05) is 56.3 Å². The summed E-state index contributed by atoms with van der Waals surface area (Å²) in [5, 5.41) is 0. The predicted octanol–water partition coefficient (Wildman–Crippen LogP) is 4.26. The number of hydrogen-bond donors (Lipinski definition) is 0. The van der Waals surface area contributed by atoms with Gasteiger partial charge in [0.2, 0.25) is 0 Å². The van der Waals surface area contributed by atoms with Crippen LogP contribution in [0.3, 0.4) is 0 Å². The fourth-order valence-corrected chi connectivity index (χ4v) is 2.10. The molecule has 0 aliphatic heterocycles. The van der Waals surface area contributed by atoms with Crippen molar-refractivity contribution in [1.82, 2.24) is 0 Å². The van der Waals surface area contributed by atoms with Crippen LogP contribution in [0.5, 0.6) is 5.75 Å². The first-order valence-electron chi connectivity index (χ1n) is 6.47. The van der Waals surface area contributed by atoms with Gasteiger partial charge in [0.15, 0.2) is 5.78 Å². The molecule has 2 aromatic carbocycles. The second-order valence-corrected chi connectivity index (χ2v) is 4.52. The van der Waals surface area contributed by atoms with E-state index in [1.54, 1.807) is 6.92 Å². The van der Waals surface area contributed by atoms with Crippen molar-refractivity contribution in [3.8, 4) is 16.9 Å². The van der Waals surface area contributed by atoms with E-state index < -0.39 is 0 Å². The summed E-state index contributed by atoms with van der Waals surface area (Å²) >= 11 is 0. The number of Topliss-reactive ketones (excluding diaryl/α,β-unsaturated/α-hetero) is 1. The first-order valence-corrected chi connectivity index (χ1v) is 6.47. The highest BCUT2D eigenvalue weighted by molar-refractivity contribution is 5.95. The molecule has 0 spiro atoms. The van der Waals surface area contributed by atoms with Crippen LogP contribution in [0, 0.1) is 6.92 Å². The highest BCUT2D eigenvalue weighted by Gasteiger charge is 2.10. The van der Waals surface area contributed by atoms with E-state index in [-0.39, 0.29) is 5.78 Å². The van der Waals surface area contributed by atoms with Crippen LogP contribution in [0.2, 0.25) is 0 Å². The van der Waals surface area contributed by atoms with Crippen LogP contribution < -0.4 is 4.74 Å². The molecule has 0 aromatic heterocycles. The average Bonchev–Trinajstić information content (AvgIpc) is 2.40. The van der Waals surface area contributed by atoms with Gasteiger partial charge in [-0.15, -0.1) is 0 Å². The largest absolute Gasteiger partial charge is 0.493 e. The van der Waals surface area contributed by atoms with Crippen molar-refractivity contribution in [2.24, 2.45) is 0 Å². The summed E-state index contributed by atoms with van der Waals surface area (Å²) in [6.45, 7) is 6.23. The molecule has 0 saturated carbocycles. The van der Waals surface area contributed by atoms with Gasteiger partial charge in [0.25, 0.3) is 0 Å². The molecule has 2 nitrogen and oxygen atoms in total. The minimum Gasteiger partial charge on any atom is -0.493 e. The van der Waals surface area contributed by atoms with Crippen molar-refractivity contribution in [3.63, 3.8) is 0 Å². The zero-order valence-corrected chi connectivity index (χ0v) is 11.6. The third kappa shape index (κ3) is 2.84. The molecule has 0 heterocycles. The van der Waals surface area contributed by atoms with Crippen molar-refractivity contribution in [2.45, 2.75) is 20.8 Å². The van der Waals surface area contributed by atoms with Crippen molar-refractivity contribution in [3.05, 3.63) is 53.6 Å². The SMILES string of the molecule is CCOc1ccccc1-c1cc(C(C)=O)ccc1C. The van der Waals surface area contributed by atoms with E-state index in [4.69, 9.17) is 4.74 Å². The quantitative estimate of drug-likeness (QED) is 0.762. The zero-order chi connectivity index (χ0) is 13.8. The van der Waals surface area contributed by atoms with E-state index in [0.717, 1.165) is 28.0 Å². The summed E-state index contributed by atoms with van der Waals surface area (Å²) in [5.74, 6) is 0.934. The first-order chi connectivity index (χ1) is 9.13. The molecule has 98 valence electrons.